The van der Waals surface area contributed by atoms with Gasteiger partial charge in [-0.2, -0.15) is 0 Å². The summed E-state index contributed by atoms with van der Waals surface area (Å²) in [6, 6.07) is 0. The van der Waals surface area contributed by atoms with Crippen molar-refractivity contribution in [3.8, 4) is 0 Å². The third kappa shape index (κ3) is 3.76. The third-order valence-electron chi connectivity index (χ3n) is 3.75. The van der Waals surface area contributed by atoms with Crippen LogP contribution in [-0.2, 0) is 4.79 Å². The van der Waals surface area contributed by atoms with E-state index in [1.165, 1.54) is 12.8 Å². The Morgan fingerprint density at radius 3 is 2.44 bits per heavy atom. The van der Waals surface area contributed by atoms with Crippen molar-refractivity contribution in [1.82, 2.24) is 5.32 Å². The van der Waals surface area contributed by atoms with E-state index in [-0.39, 0.29) is 16.7 Å². The van der Waals surface area contributed by atoms with E-state index in [1.54, 1.807) is 0 Å². The molecule has 0 bridgehead atoms. The van der Waals surface area contributed by atoms with Crippen molar-refractivity contribution in [2.45, 2.75) is 52.9 Å². The van der Waals surface area contributed by atoms with E-state index in [2.05, 4.69) is 42.0 Å². The molecule has 0 radical (unpaired) electrons. The Kier molecular flexibility index (Phi) is 4.84. The molecular formula is C13H24BrNO. The monoisotopic (exact) mass is 289 g/mol. The first-order valence-electron chi connectivity index (χ1n) is 6.24. The molecule has 0 heterocycles. The van der Waals surface area contributed by atoms with Crippen LogP contribution in [0.5, 0.6) is 0 Å². The molecule has 1 saturated carbocycles. The van der Waals surface area contributed by atoms with Crippen LogP contribution in [0.3, 0.4) is 0 Å². The van der Waals surface area contributed by atoms with E-state index in [0.29, 0.717) is 0 Å². The van der Waals surface area contributed by atoms with Crippen LogP contribution in [0.25, 0.3) is 0 Å². The summed E-state index contributed by atoms with van der Waals surface area (Å²) in [5.41, 5.74) is 0.0958. The van der Waals surface area contributed by atoms with Gasteiger partial charge in [-0.25, -0.2) is 0 Å². The summed E-state index contributed by atoms with van der Waals surface area (Å²) in [6.45, 7) is 7.29. The van der Waals surface area contributed by atoms with Crippen LogP contribution in [-0.4, -0.2) is 17.8 Å². The van der Waals surface area contributed by atoms with Gasteiger partial charge in [0.25, 0.3) is 0 Å². The largest absolute Gasteiger partial charge is 0.355 e. The number of carbonyl (C=O) groups is 1. The highest BCUT2D eigenvalue weighted by molar-refractivity contribution is 9.09. The summed E-state index contributed by atoms with van der Waals surface area (Å²) in [6.07, 6.45) is 5.60. The van der Waals surface area contributed by atoms with Crippen LogP contribution in [0, 0.1) is 10.8 Å². The minimum Gasteiger partial charge on any atom is -0.355 e. The van der Waals surface area contributed by atoms with Crippen molar-refractivity contribution in [2.24, 2.45) is 10.8 Å². The highest BCUT2D eigenvalue weighted by Gasteiger charge is 2.36. The molecule has 0 saturated heterocycles. The average Bonchev–Trinajstić information content (AvgIpc) is 2.63. The van der Waals surface area contributed by atoms with E-state index in [9.17, 15) is 4.79 Å². The predicted octanol–water partition coefficient (Wildman–Crippen LogP) is 3.49. The minimum atomic E-state index is -0.0928. The molecule has 0 unspecified atom stereocenters. The van der Waals surface area contributed by atoms with Gasteiger partial charge in [-0.1, -0.05) is 49.5 Å². The number of hydrogen-bond donors (Lipinski definition) is 1. The second-order valence-electron chi connectivity index (χ2n) is 6.05. The summed E-state index contributed by atoms with van der Waals surface area (Å²) < 4.78 is 0. The van der Waals surface area contributed by atoms with Gasteiger partial charge in [0.05, 0.1) is 0 Å². The minimum absolute atomic E-state index is 0.0928. The van der Waals surface area contributed by atoms with Crippen molar-refractivity contribution in [2.75, 3.05) is 11.9 Å². The number of nitrogens with one attached hydrogen (secondary N) is 1. The maximum atomic E-state index is 12.1. The zero-order valence-electron chi connectivity index (χ0n) is 10.7. The molecule has 0 aromatic heterocycles. The number of carbonyl (C=O) groups excluding carboxylic acids is 1. The first-order chi connectivity index (χ1) is 7.40. The number of hydrogen-bond acceptors (Lipinski definition) is 1. The normalized spacial score (nSPS) is 19.8. The van der Waals surface area contributed by atoms with Crippen LogP contribution in [0.1, 0.15) is 52.9 Å². The van der Waals surface area contributed by atoms with Gasteiger partial charge in [0.2, 0.25) is 5.91 Å². The van der Waals surface area contributed by atoms with Crippen LogP contribution >= 0.6 is 15.9 Å². The maximum Gasteiger partial charge on any atom is 0.225 e. The van der Waals surface area contributed by atoms with Gasteiger partial charge >= 0.3 is 0 Å². The topological polar surface area (TPSA) is 29.1 Å². The lowest BCUT2D eigenvalue weighted by Gasteiger charge is -2.28. The van der Waals surface area contributed by atoms with Crippen molar-refractivity contribution in [3.05, 3.63) is 0 Å². The Morgan fingerprint density at radius 1 is 1.38 bits per heavy atom. The van der Waals surface area contributed by atoms with E-state index < -0.39 is 0 Å². The molecule has 16 heavy (non-hydrogen) atoms. The average molecular weight is 290 g/mol. The van der Waals surface area contributed by atoms with Gasteiger partial charge in [0.1, 0.15) is 0 Å². The standard InChI is InChI=1S/C13H24BrNO/c1-12(2,8-9-14)10-15-11(16)13(3)6-4-5-7-13/h4-10H2,1-3H3,(H,15,16). The Balaban J connectivity index is 2.40. The summed E-state index contributed by atoms with van der Waals surface area (Å²) >= 11 is 3.46. The van der Waals surface area contributed by atoms with Gasteiger partial charge in [-0.15, -0.1) is 0 Å². The Hall–Kier alpha value is -0.0500. The molecule has 0 aromatic carbocycles. The molecule has 0 aromatic rings. The molecule has 1 N–H and O–H groups in total. The lowest BCUT2D eigenvalue weighted by molar-refractivity contribution is -0.130. The zero-order valence-corrected chi connectivity index (χ0v) is 12.3. The van der Waals surface area contributed by atoms with E-state index in [0.717, 1.165) is 31.1 Å². The fourth-order valence-electron chi connectivity index (χ4n) is 2.26. The summed E-state index contributed by atoms with van der Waals surface area (Å²) in [7, 11) is 0. The van der Waals surface area contributed by atoms with Crippen LogP contribution < -0.4 is 5.32 Å². The smallest absolute Gasteiger partial charge is 0.225 e. The van der Waals surface area contributed by atoms with Gasteiger partial charge in [0, 0.05) is 17.3 Å². The number of amides is 1. The Labute approximate surface area is 108 Å². The molecule has 0 spiro atoms. The summed E-state index contributed by atoms with van der Waals surface area (Å²) in [5, 5.41) is 4.12. The third-order valence-corrected chi connectivity index (χ3v) is 4.15. The molecule has 94 valence electrons. The Bertz CT molecular complexity index is 244. The maximum absolute atomic E-state index is 12.1. The second kappa shape index (κ2) is 5.52. The molecule has 0 atom stereocenters. The van der Waals surface area contributed by atoms with E-state index in [4.69, 9.17) is 0 Å². The van der Waals surface area contributed by atoms with Crippen molar-refractivity contribution in [3.63, 3.8) is 0 Å². The zero-order chi connectivity index (χ0) is 12.2. The van der Waals surface area contributed by atoms with Crippen molar-refractivity contribution < 1.29 is 4.79 Å². The highest BCUT2D eigenvalue weighted by atomic mass is 79.9. The molecule has 3 heteroatoms. The predicted molar refractivity (Wildman–Crippen MR) is 71.8 cm³/mol. The van der Waals surface area contributed by atoms with Gasteiger partial charge in [0.15, 0.2) is 0 Å². The molecule has 1 fully saturated rings. The lowest BCUT2D eigenvalue weighted by Crippen LogP contribution is -2.41. The first-order valence-corrected chi connectivity index (χ1v) is 7.36. The van der Waals surface area contributed by atoms with Crippen LogP contribution in [0.2, 0.25) is 0 Å². The molecule has 1 rings (SSSR count). The van der Waals surface area contributed by atoms with Crippen LogP contribution in [0.4, 0.5) is 0 Å². The quantitative estimate of drug-likeness (QED) is 0.771. The van der Waals surface area contributed by atoms with Crippen LogP contribution in [0.15, 0.2) is 0 Å². The highest BCUT2D eigenvalue weighted by Crippen LogP contribution is 2.37. The van der Waals surface area contributed by atoms with Crippen molar-refractivity contribution in [1.29, 1.82) is 0 Å². The van der Waals surface area contributed by atoms with Gasteiger partial charge in [-0.3, -0.25) is 4.79 Å². The van der Waals surface area contributed by atoms with Crippen molar-refractivity contribution >= 4 is 21.8 Å². The van der Waals surface area contributed by atoms with E-state index in [1.807, 2.05) is 0 Å². The van der Waals surface area contributed by atoms with Gasteiger partial charge < -0.3 is 5.32 Å². The second-order valence-corrected chi connectivity index (χ2v) is 6.85. The molecule has 2 nitrogen and oxygen atoms in total. The number of halogens is 1. The number of rotatable bonds is 5. The molecule has 0 aliphatic heterocycles. The van der Waals surface area contributed by atoms with E-state index >= 15 is 0 Å². The van der Waals surface area contributed by atoms with Gasteiger partial charge in [-0.05, 0) is 24.7 Å². The molecule has 1 amide bonds. The number of alkyl halides is 1. The fraction of sp³-hybridized carbons (Fsp3) is 0.923. The summed E-state index contributed by atoms with van der Waals surface area (Å²) in [5.74, 6) is 0.257. The molecular weight excluding hydrogens is 266 g/mol. The molecule has 1 aliphatic rings. The first kappa shape index (κ1) is 14.0. The summed E-state index contributed by atoms with van der Waals surface area (Å²) in [4.78, 5) is 12.1. The molecule has 1 aliphatic carbocycles. The Morgan fingerprint density at radius 2 is 1.94 bits per heavy atom. The lowest BCUT2D eigenvalue weighted by atomic mass is 9.86. The fourth-order valence-corrected chi connectivity index (χ4v) is 3.33. The SMILES string of the molecule is CC(C)(CCBr)CNC(=O)C1(C)CCCC1.